The van der Waals surface area contributed by atoms with Crippen molar-refractivity contribution in [2.75, 3.05) is 39.3 Å². The lowest BCUT2D eigenvalue weighted by Crippen LogP contribution is -2.49. The predicted molar refractivity (Wildman–Crippen MR) is 68.9 cm³/mol. The molecule has 98 valence electrons. The Balaban J connectivity index is 1.80. The molecule has 0 radical (unpaired) electrons. The highest BCUT2D eigenvalue weighted by Gasteiger charge is 2.30. The summed E-state index contributed by atoms with van der Waals surface area (Å²) in [4.78, 5) is 16.6. The zero-order chi connectivity index (χ0) is 12.3. The highest BCUT2D eigenvalue weighted by molar-refractivity contribution is 5.76. The van der Waals surface area contributed by atoms with Crippen molar-refractivity contribution in [2.45, 2.75) is 32.7 Å². The first-order valence-electron chi connectivity index (χ1n) is 6.89. The van der Waals surface area contributed by atoms with Crippen molar-refractivity contribution in [3.8, 4) is 0 Å². The van der Waals surface area contributed by atoms with Gasteiger partial charge in [-0.3, -0.25) is 9.69 Å². The second-order valence-electron chi connectivity index (χ2n) is 5.67. The van der Waals surface area contributed by atoms with Gasteiger partial charge >= 0.3 is 0 Å². The summed E-state index contributed by atoms with van der Waals surface area (Å²) in [5.41, 5.74) is 0. The summed E-state index contributed by atoms with van der Waals surface area (Å²) in [5.74, 6) is 0.818. The van der Waals surface area contributed by atoms with Crippen LogP contribution in [-0.4, -0.2) is 61.0 Å². The molecule has 4 nitrogen and oxygen atoms in total. The molecule has 1 amide bonds. The van der Waals surface area contributed by atoms with Crippen LogP contribution in [0.5, 0.6) is 0 Å². The van der Waals surface area contributed by atoms with Gasteiger partial charge in [0.1, 0.15) is 0 Å². The van der Waals surface area contributed by atoms with E-state index in [9.17, 15) is 4.79 Å². The van der Waals surface area contributed by atoms with Crippen LogP contribution in [0.3, 0.4) is 0 Å². The van der Waals surface area contributed by atoms with E-state index in [1.165, 1.54) is 0 Å². The van der Waals surface area contributed by atoms with Crippen LogP contribution in [0, 0.1) is 5.92 Å². The summed E-state index contributed by atoms with van der Waals surface area (Å²) in [6.45, 7) is 10.6. The van der Waals surface area contributed by atoms with E-state index in [2.05, 4.69) is 29.0 Å². The third kappa shape index (κ3) is 3.42. The fourth-order valence-corrected chi connectivity index (χ4v) is 2.79. The summed E-state index contributed by atoms with van der Waals surface area (Å²) < 4.78 is 0. The van der Waals surface area contributed by atoms with Gasteiger partial charge in [0.25, 0.3) is 0 Å². The molecule has 2 fully saturated rings. The number of carbonyl (C=O) groups is 1. The average molecular weight is 239 g/mol. The lowest BCUT2D eigenvalue weighted by molar-refractivity contribution is -0.131. The maximum atomic E-state index is 12.0. The van der Waals surface area contributed by atoms with Crippen LogP contribution in [0.1, 0.15) is 26.7 Å². The Morgan fingerprint density at radius 1 is 1.29 bits per heavy atom. The minimum Gasteiger partial charge on any atom is -0.341 e. The Morgan fingerprint density at radius 3 is 2.65 bits per heavy atom. The molecular formula is C13H25N3O. The molecule has 0 aliphatic carbocycles. The Morgan fingerprint density at radius 2 is 2.00 bits per heavy atom. The van der Waals surface area contributed by atoms with Crippen molar-refractivity contribution in [1.29, 1.82) is 0 Å². The molecule has 0 aromatic rings. The molecule has 0 aromatic carbocycles. The Kier molecular flexibility index (Phi) is 4.40. The molecule has 0 bridgehead atoms. The molecule has 0 spiro atoms. The maximum Gasteiger partial charge on any atom is 0.222 e. The van der Waals surface area contributed by atoms with Crippen LogP contribution < -0.4 is 5.32 Å². The van der Waals surface area contributed by atoms with Gasteiger partial charge in [-0.05, 0) is 12.3 Å². The Labute approximate surface area is 104 Å². The van der Waals surface area contributed by atoms with E-state index in [-0.39, 0.29) is 0 Å². The number of nitrogens with one attached hydrogen (secondary N) is 1. The molecule has 2 saturated heterocycles. The normalized spacial score (nSPS) is 26.8. The number of nitrogens with zero attached hydrogens (tertiary/aromatic N) is 2. The summed E-state index contributed by atoms with van der Waals surface area (Å²) in [6.07, 6.45) is 1.86. The van der Waals surface area contributed by atoms with Crippen molar-refractivity contribution in [3.63, 3.8) is 0 Å². The summed E-state index contributed by atoms with van der Waals surface area (Å²) in [7, 11) is 0. The topological polar surface area (TPSA) is 35.6 Å². The number of carbonyl (C=O) groups excluding carboxylic acids is 1. The predicted octanol–water partition coefficient (Wildman–Crippen LogP) is 0.539. The Hall–Kier alpha value is -0.610. The molecule has 2 aliphatic rings. The average Bonchev–Trinajstić information content (AvgIpc) is 2.78. The molecule has 2 rings (SSSR count). The molecule has 2 heterocycles. The number of rotatable bonds is 3. The van der Waals surface area contributed by atoms with Gasteiger partial charge in [-0.2, -0.15) is 0 Å². The second kappa shape index (κ2) is 5.83. The van der Waals surface area contributed by atoms with E-state index >= 15 is 0 Å². The van der Waals surface area contributed by atoms with Gasteiger partial charge in [-0.25, -0.2) is 0 Å². The quantitative estimate of drug-likeness (QED) is 0.781. The lowest BCUT2D eigenvalue weighted by Gasteiger charge is -2.32. The highest BCUT2D eigenvalue weighted by Crippen LogP contribution is 2.18. The minimum atomic E-state index is 0.345. The van der Waals surface area contributed by atoms with Gasteiger partial charge in [0.2, 0.25) is 5.91 Å². The first kappa shape index (κ1) is 12.8. The molecule has 17 heavy (non-hydrogen) atoms. The Bertz CT molecular complexity index is 261. The highest BCUT2D eigenvalue weighted by atomic mass is 16.2. The van der Waals surface area contributed by atoms with Crippen molar-refractivity contribution in [2.24, 2.45) is 5.92 Å². The van der Waals surface area contributed by atoms with E-state index in [1.807, 2.05) is 0 Å². The van der Waals surface area contributed by atoms with Crippen molar-refractivity contribution >= 4 is 5.91 Å². The third-order valence-electron chi connectivity index (χ3n) is 3.77. The van der Waals surface area contributed by atoms with Gasteiger partial charge in [0, 0.05) is 51.7 Å². The molecule has 0 aromatic heterocycles. The molecule has 4 heteroatoms. The second-order valence-corrected chi connectivity index (χ2v) is 5.67. The molecular weight excluding hydrogens is 214 g/mol. The fraction of sp³-hybridized carbons (Fsp3) is 0.923. The van der Waals surface area contributed by atoms with Crippen LogP contribution in [0.25, 0.3) is 0 Å². The van der Waals surface area contributed by atoms with E-state index in [1.54, 1.807) is 0 Å². The number of piperazine rings is 1. The molecule has 1 N–H and O–H groups in total. The summed E-state index contributed by atoms with van der Waals surface area (Å²) in [5, 5.41) is 3.38. The van der Waals surface area contributed by atoms with Crippen molar-refractivity contribution in [1.82, 2.24) is 15.1 Å². The maximum absolute atomic E-state index is 12.0. The van der Waals surface area contributed by atoms with Crippen molar-refractivity contribution < 1.29 is 4.79 Å². The molecule has 2 aliphatic heterocycles. The van der Waals surface area contributed by atoms with Gasteiger partial charge in [0.15, 0.2) is 0 Å². The smallest absolute Gasteiger partial charge is 0.222 e. The summed E-state index contributed by atoms with van der Waals surface area (Å²) >= 11 is 0. The summed E-state index contributed by atoms with van der Waals surface area (Å²) in [6, 6.07) is 0.605. The standard InChI is InChI=1S/C13H25N3O/c1-11(2)9-13(17)16-6-3-12(10-16)15-7-4-14-5-8-15/h11-12,14H,3-10H2,1-2H3. The molecule has 1 atom stereocenters. The van der Waals surface area contributed by atoms with Gasteiger partial charge in [-0.1, -0.05) is 13.8 Å². The van der Waals surface area contributed by atoms with Gasteiger partial charge in [-0.15, -0.1) is 0 Å². The van der Waals surface area contributed by atoms with Crippen LogP contribution in [-0.2, 0) is 4.79 Å². The van der Waals surface area contributed by atoms with Crippen LogP contribution >= 0.6 is 0 Å². The third-order valence-corrected chi connectivity index (χ3v) is 3.77. The fourth-order valence-electron chi connectivity index (χ4n) is 2.79. The van der Waals surface area contributed by atoms with E-state index < -0.39 is 0 Å². The zero-order valence-corrected chi connectivity index (χ0v) is 11.1. The van der Waals surface area contributed by atoms with Crippen LogP contribution in [0.15, 0.2) is 0 Å². The number of likely N-dealkylation sites (tertiary alicyclic amines) is 1. The largest absolute Gasteiger partial charge is 0.341 e. The van der Waals surface area contributed by atoms with Crippen LogP contribution in [0.4, 0.5) is 0 Å². The molecule has 1 unspecified atom stereocenters. The first-order valence-corrected chi connectivity index (χ1v) is 6.89. The number of hydrogen-bond acceptors (Lipinski definition) is 3. The van der Waals surface area contributed by atoms with Gasteiger partial charge in [0.05, 0.1) is 0 Å². The van der Waals surface area contributed by atoms with Crippen LogP contribution in [0.2, 0.25) is 0 Å². The SMILES string of the molecule is CC(C)CC(=O)N1CCC(N2CCNCC2)C1. The van der Waals surface area contributed by atoms with E-state index in [0.717, 1.165) is 45.7 Å². The van der Waals surface area contributed by atoms with Gasteiger partial charge < -0.3 is 10.2 Å². The van der Waals surface area contributed by atoms with Crippen molar-refractivity contribution in [3.05, 3.63) is 0 Å². The zero-order valence-electron chi connectivity index (χ0n) is 11.1. The molecule has 0 saturated carbocycles. The first-order chi connectivity index (χ1) is 8.16. The minimum absolute atomic E-state index is 0.345. The van der Waals surface area contributed by atoms with E-state index in [0.29, 0.717) is 24.3 Å². The number of hydrogen-bond donors (Lipinski definition) is 1. The monoisotopic (exact) mass is 239 g/mol. The lowest BCUT2D eigenvalue weighted by atomic mass is 10.1. The number of amides is 1. The van der Waals surface area contributed by atoms with E-state index in [4.69, 9.17) is 0 Å².